The second-order valence-electron chi connectivity index (χ2n) is 3.78. The molecule has 98 valence electrons. The van der Waals surface area contributed by atoms with Crippen molar-refractivity contribution in [1.29, 1.82) is 0 Å². The molecular formula is C13H18N2O3. The van der Waals surface area contributed by atoms with Gasteiger partial charge in [0.15, 0.2) is 0 Å². The van der Waals surface area contributed by atoms with Gasteiger partial charge in [-0.2, -0.15) is 0 Å². The maximum Gasteiger partial charge on any atom is 0.275 e. The molecule has 0 aliphatic heterocycles. The summed E-state index contributed by atoms with van der Waals surface area (Å²) in [5.41, 5.74) is 0.744. The molecule has 0 atom stereocenters. The number of nitrogens with one attached hydrogen (secondary N) is 1. The van der Waals surface area contributed by atoms with Crippen LogP contribution in [0.1, 0.15) is 20.3 Å². The molecule has 1 N–H and O–H groups in total. The number of anilines is 1. The maximum atomic E-state index is 10.8. The molecule has 0 aliphatic carbocycles. The molecule has 1 aromatic rings. The van der Waals surface area contributed by atoms with Gasteiger partial charge in [0.25, 0.3) is 5.69 Å². The van der Waals surface area contributed by atoms with Crippen LogP contribution in [0.5, 0.6) is 5.75 Å². The lowest BCUT2D eigenvalue weighted by Crippen LogP contribution is -2.02. The predicted molar refractivity (Wildman–Crippen MR) is 72.2 cm³/mol. The first-order valence-electron chi connectivity index (χ1n) is 5.94. The number of nitrogens with zero attached hydrogens (tertiary/aromatic N) is 1. The second kappa shape index (κ2) is 7.32. The van der Waals surface area contributed by atoms with Crippen LogP contribution in [0.15, 0.2) is 30.4 Å². The van der Waals surface area contributed by atoms with E-state index in [1.807, 2.05) is 26.0 Å². The number of rotatable bonds is 7. The molecule has 0 aliphatic rings. The Hall–Kier alpha value is -2.04. The first-order valence-corrected chi connectivity index (χ1v) is 5.94. The Labute approximate surface area is 107 Å². The minimum Gasteiger partial charge on any atom is -0.489 e. The van der Waals surface area contributed by atoms with Crippen LogP contribution in [-0.2, 0) is 0 Å². The van der Waals surface area contributed by atoms with E-state index in [0.29, 0.717) is 18.0 Å². The lowest BCUT2D eigenvalue weighted by atomic mass is 10.2. The Morgan fingerprint density at radius 3 is 2.83 bits per heavy atom. The SMILES string of the molecule is C/C=C/COc1cc(NCCC)cc([N+](=O)[O-])c1. The number of hydrogen-bond acceptors (Lipinski definition) is 4. The molecule has 0 fully saturated rings. The first kappa shape index (κ1) is 14.0. The summed E-state index contributed by atoms with van der Waals surface area (Å²) in [4.78, 5) is 10.4. The zero-order valence-corrected chi connectivity index (χ0v) is 10.7. The fourth-order valence-corrected chi connectivity index (χ4v) is 1.38. The van der Waals surface area contributed by atoms with Crippen LogP contribution in [-0.4, -0.2) is 18.1 Å². The number of nitro groups is 1. The van der Waals surface area contributed by atoms with Crippen molar-refractivity contribution in [3.63, 3.8) is 0 Å². The summed E-state index contributed by atoms with van der Waals surface area (Å²) < 4.78 is 5.43. The molecule has 0 unspecified atom stereocenters. The van der Waals surface area contributed by atoms with Crippen LogP contribution in [0.4, 0.5) is 11.4 Å². The van der Waals surface area contributed by atoms with Gasteiger partial charge in [-0.1, -0.05) is 19.1 Å². The zero-order valence-electron chi connectivity index (χ0n) is 10.7. The van der Waals surface area contributed by atoms with Gasteiger partial charge in [-0.05, 0) is 13.3 Å². The van der Waals surface area contributed by atoms with Gasteiger partial charge in [0.1, 0.15) is 12.4 Å². The number of allylic oxidation sites excluding steroid dienone is 1. The minimum atomic E-state index is -0.417. The Kier molecular flexibility index (Phi) is 5.70. The van der Waals surface area contributed by atoms with Crippen molar-refractivity contribution in [3.8, 4) is 5.75 Å². The first-order chi connectivity index (χ1) is 8.67. The predicted octanol–water partition coefficient (Wildman–Crippen LogP) is 3.37. The fourth-order valence-electron chi connectivity index (χ4n) is 1.38. The van der Waals surface area contributed by atoms with Gasteiger partial charge < -0.3 is 10.1 Å². The second-order valence-corrected chi connectivity index (χ2v) is 3.78. The van der Waals surface area contributed by atoms with Crippen LogP contribution in [0, 0.1) is 10.1 Å². The largest absolute Gasteiger partial charge is 0.489 e. The van der Waals surface area contributed by atoms with Crippen molar-refractivity contribution in [2.75, 3.05) is 18.5 Å². The summed E-state index contributed by atoms with van der Waals surface area (Å²) in [5.74, 6) is 0.501. The summed E-state index contributed by atoms with van der Waals surface area (Å²) in [7, 11) is 0. The molecule has 1 rings (SSSR count). The van der Waals surface area contributed by atoms with E-state index < -0.39 is 4.92 Å². The Morgan fingerprint density at radius 2 is 2.22 bits per heavy atom. The quantitative estimate of drug-likeness (QED) is 0.458. The zero-order chi connectivity index (χ0) is 13.4. The smallest absolute Gasteiger partial charge is 0.275 e. The third-order valence-corrected chi connectivity index (χ3v) is 2.26. The van der Waals surface area contributed by atoms with Crippen molar-refractivity contribution in [2.24, 2.45) is 0 Å². The van der Waals surface area contributed by atoms with Crippen molar-refractivity contribution in [2.45, 2.75) is 20.3 Å². The molecule has 0 amide bonds. The van der Waals surface area contributed by atoms with Crippen LogP contribution < -0.4 is 10.1 Å². The van der Waals surface area contributed by atoms with Crippen molar-refractivity contribution >= 4 is 11.4 Å². The van der Waals surface area contributed by atoms with Crippen molar-refractivity contribution < 1.29 is 9.66 Å². The van der Waals surface area contributed by atoms with E-state index in [1.165, 1.54) is 12.1 Å². The number of benzene rings is 1. The normalized spacial score (nSPS) is 10.6. The third-order valence-electron chi connectivity index (χ3n) is 2.26. The average molecular weight is 250 g/mol. The van der Waals surface area contributed by atoms with Crippen LogP contribution in [0.2, 0.25) is 0 Å². The van der Waals surface area contributed by atoms with E-state index in [0.717, 1.165) is 13.0 Å². The summed E-state index contributed by atoms with van der Waals surface area (Å²) in [5, 5.41) is 13.9. The Morgan fingerprint density at radius 1 is 1.44 bits per heavy atom. The average Bonchev–Trinajstić information content (AvgIpc) is 2.36. The number of hydrogen-bond donors (Lipinski definition) is 1. The molecule has 5 nitrogen and oxygen atoms in total. The highest BCUT2D eigenvalue weighted by atomic mass is 16.6. The van der Waals surface area contributed by atoms with E-state index in [2.05, 4.69) is 5.32 Å². The van der Waals surface area contributed by atoms with Gasteiger partial charge in [-0.3, -0.25) is 10.1 Å². The Bertz CT molecular complexity index is 430. The summed E-state index contributed by atoms with van der Waals surface area (Å²) in [6.07, 6.45) is 4.67. The highest BCUT2D eigenvalue weighted by Gasteiger charge is 2.10. The maximum absolute atomic E-state index is 10.8. The highest BCUT2D eigenvalue weighted by Crippen LogP contribution is 2.26. The lowest BCUT2D eigenvalue weighted by molar-refractivity contribution is -0.384. The molecule has 0 bridgehead atoms. The van der Waals surface area contributed by atoms with E-state index in [-0.39, 0.29) is 5.69 Å². The van der Waals surface area contributed by atoms with Gasteiger partial charge in [-0.25, -0.2) is 0 Å². The summed E-state index contributed by atoms with van der Waals surface area (Å²) >= 11 is 0. The topological polar surface area (TPSA) is 64.4 Å². The highest BCUT2D eigenvalue weighted by molar-refractivity contribution is 5.56. The fraction of sp³-hybridized carbons (Fsp3) is 0.385. The molecule has 0 radical (unpaired) electrons. The number of nitro benzene ring substituents is 1. The van der Waals surface area contributed by atoms with Crippen LogP contribution in [0.3, 0.4) is 0 Å². The van der Waals surface area contributed by atoms with Crippen molar-refractivity contribution in [1.82, 2.24) is 0 Å². The standard InChI is InChI=1S/C13H18N2O3/c1-3-5-7-18-13-9-11(14-6-4-2)8-12(10-13)15(16)17/h3,5,8-10,14H,4,6-7H2,1-2H3/b5-3+. The van der Waals surface area contributed by atoms with E-state index in [9.17, 15) is 10.1 Å². The molecule has 0 spiro atoms. The van der Waals surface area contributed by atoms with E-state index >= 15 is 0 Å². The number of ether oxygens (including phenoxy) is 1. The van der Waals surface area contributed by atoms with Crippen LogP contribution >= 0.6 is 0 Å². The lowest BCUT2D eigenvalue weighted by Gasteiger charge is -2.08. The van der Waals surface area contributed by atoms with E-state index in [1.54, 1.807) is 6.07 Å². The monoisotopic (exact) mass is 250 g/mol. The minimum absolute atomic E-state index is 0.0339. The molecular weight excluding hydrogens is 232 g/mol. The molecule has 18 heavy (non-hydrogen) atoms. The summed E-state index contributed by atoms with van der Waals surface area (Å²) in [6.45, 7) is 5.11. The third kappa shape index (κ3) is 4.45. The van der Waals surface area contributed by atoms with Crippen LogP contribution in [0.25, 0.3) is 0 Å². The van der Waals surface area contributed by atoms with Gasteiger partial charge in [-0.15, -0.1) is 0 Å². The number of non-ortho nitro benzene ring substituents is 1. The van der Waals surface area contributed by atoms with E-state index in [4.69, 9.17) is 4.74 Å². The molecule has 5 heteroatoms. The van der Waals surface area contributed by atoms with Crippen molar-refractivity contribution in [3.05, 3.63) is 40.5 Å². The van der Waals surface area contributed by atoms with Gasteiger partial charge in [0, 0.05) is 24.4 Å². The molecule has 0 aromatic heterocycles. The van der Waals surface area contributed by atoms with Gasteiger partial charge in [0.2, 0.25) is 0 Å². The molecule has 0 saturated carbocycles. The summed E-state index contributed by atoms with van der Waals surface area (Å²) in [6, 6.07) is 4.71. The van der Waals surface area contributed by atoms with Gasteiger partial charge in [0.05, 0.1) is 11.0 Å². The molecule has 0 heterocycles. The van der Waals surface area contributed by atoms with Gasteiger partial charge >= 0.3 is 0 Å². The molecule has 1 aromatic carbocycles. The Balaban J connectivity index is 2.87. The molecule has 0 saturated heterocycles.